The summed E-state index contributed by atoms with van der Waals surface area (Å²) in [5.41, 5.74) is 0.182. The van der Waals surface area contributed by atoms with E-state index >= 15 is 0 Å². The van der Waals surface area contributed by atoms with Gasteiger partial charge in [0.15, 0.2) is 0 Å². The van der Waals surface area contributed by atoms with E-state index in [1.54, 1.807) is 14.0 Å². The Labute approximate surface area is 141 Å². The Bertz CT molecular complexity index is 575. The number of nitrogens with one attached hydrogen (secondary N) is 1. The fourth-order valence-electron chi connectivity index (χ4n) is 2.56. The molecule has 1 aromatic rings. The van der Waals surface area contributed by atoms with E-state index in [9.17, 15) is 14.7 Å². The van der Waals surface area contributed by atoms with Crippen molar-refractivity contribution in [1.82, 2.24) is 10.2 Å². The lowest BCUT2D eigenvalue weighted by Gasteiger charge is -2.20. The SMILES string of the molecule is COc1ccc(COCCNC(=O)N2CCC(C)(C(=O)O)C2)cc1. The first-order chi connectivity index (χ1) is 11.4. The molecule has 1 aliphatic heterocycles. The predicted octanol–water partition coefficient (Wildman–Crippen LogP) is 1.72. The lowest BCUT2D eigenvalue weighted by atomic mass is 9.90. The van der Waals surface area contributed by atoms with E-state index in [-0.39, 0.29) is 12.6 Å². The van der Waals surface area contributed by atoms with Crippen LogP contribution in [0.25, 0.3) is 0 Å². The Morgan fingerprint density at radius 3 is 2.62 bits per heavy atom. The number of aliphatic carboxylic acids is 1. The van der Waals surface area contributed by atoms with E-state index in [1.807, 2.05) is 24.3 Å². The van der Waals surface area contributed by atoms with Gasteiger partial charge < -0.3 is 24.8 Å². The Hall–Kier alpha value is -2.28. The second-order valence-electron chi connectivity index (χ2n) is 6.17. The number of nitrogens with zero attached hydrogens (tertiary/aromatic N) is 1. The number of ether oxygens (including phenoxy) is 2. The molecule has 132 valence electrons. The van der Waals surface area contributed by atoms with Crippen LogP contribution in [0.15, 0.2) is 24.3 Å². The highest BCUT2D eigenvalue weighted by atomic mass is 16.5. The van der Waals surface area contributed by atoms with Crippen molar-refractivity contribution in [2.75, 3.05) is 33.4 Å². The van der Waals surface area contributed by atoms with Gasteiger partial charge in [-0.3, -0.25) is 4.79 Å². The van der Waals surface area contributed by atoms with E-state index in [0.717, 1.165) is 11.3 Å². The van der Waals surface area contributed by atoms with Crippen molar-refractivity contribution in [3.05, 3.63) is 29.8 Å². The first-order valence-corrected chi connectivity index (χ1v) is 7.91. The van der Waals surface area contributed by atoms with Crippen molar-refractivity contribution in [2.24, 2.45) is 5.41 Å². The molecule has 0 radical (unpaired) electrons. The highest BCUT2D eigenvalue weighted by Crippen LogP contribution is 2.29. The largest absolute Gasteiger partial charge is 0.497 e. The molecule has 0 spiro atoms. The smallest absolute Gasteiger partial charge is 0.317 e. The molecule has 0 bridgehead atoms. The fraction of sp³-hybridized carbons (Fsp3) is 0.529. The van der Waals surface area contributed by atoms with Crippen LogP contribution in [0.5, 0.6) is 5.75 Å². The maximum atomic E-state index is 12.0. The topological polar surface area (TPSA) is 88.1 Å². The van der Waals surface area contributed by atoms with Gasteiger partial charge in [0.2, 0.25) is 0 Å². The van der Waals surface area contributed by atoms with Gasteiger partial charge in [0.05, 0.1) is 25.7 Å². The Kier molecular flexibility index (Phi) is 6.03. The molecule has 1 aliphatic rings. The van der Waals surface area contributed by atoms with Gasteiger partial charge in [-0.2, -0.15) is 0 Å². The van der Waals surface area contributed by atoms with Gasteiger partial charge in [0.1, 0.15) is 5.75 Å². The number of rotatable bonds is 7. The fourth-order valence-corrected chi connectivity index (χ4v) is 2.56. The van der Waals surface area contributed by atoms with E-state index in [2.05, 4.69) is 5.32 Å². The van der Waals surface area contributed by atoms with Gasteiger partial charge in [0, 0.05) is 19.6 Å². The molecule has 7 heteroatoms. The molecule has 2 N–H and O–H groups in total. The monoisotopic (exact) mass is 336 g/mol. The lowest BCUT2D eigenvalue weighted by molar-refractivity contribution is -0.147. The van der Waals surface area contributed by atoms with Crippen LogP contribution < -0.4 is 10.1 Å². The molecule has 1 fully saturated rings. The summed E-state index contributed by atoms with van der Waals surface area (Å²) in [5.74, 6) is -0.0642. The Morgan fingerprint density at radius 2 is 2.04 bits per heavy atom. The quantitative estimate of drug-likeness (QED) is 0.740. The first-order valence-electron chi connectivity index (χ1n) is 7.91. The number of carbonyl (C=O) groups is 2. The molecule has 1 unspecified atom stereocenters. The molecule has 24 heavy (non-hydrogen) atoms. The van der Waals surface area contributed by atoms with Gasteiger partial charge in [-0.05, 0) is 31.0 Å². The minimum Gasteiger partial charge on any atom is -0.497 e. The minimum absolute atomic E-state index is 0.237. The van der Waals surface area contributed by atoms with Crippen molar-refractivity contribution >= 4 is 12.0 Å². The highest BCUT2D eigenvalue weighted by molar-refractivity contribution is 5.79. The standard InChI is InChI=1S/C17H24N2O5/c1-17(15(20)21)7-9-19(12-17)16(22)18-8-10-24-11-13-3-5-14(23-2)6-4-13/h3-6H,7-12H2,1-2H3,(H,18,22)(H,20,21). The zero-order chi connectivity index (χ0) is 17.6. The number of amides is 2. The van der Waals surface area contributed by atoms with Crippen LogP contribution in [0.2, 0.25) is 0 Å². The van der Waals surface area contributed by atoms with Gasteiger partial charge >= 0.3 is 12.0 Å². The number of benzene rings is 1. The summed E-state index contributed by atoms with van der Waals surface area (Å²) in [6.45, 7) is 3.60. The summed E-state index contributed by atoms with van der Waals surface area (Å²) in [7, 11) is 1.62. The molecule has 1 heterocycles. The normalized spacial score (nSPS) is 20.0. The van der Waals surface area contributed by atoms with Crippen LogP contribution >= 0.6 is 0 Å². The number of methoxy groups -OCH3 is 1. The predicted molar refractivity (Wildman–Crippen MR) is 88.0 cm³/mol. The summed E-state index contributed by atoms with van der Waals surface area (Å²) in [6.07, 6.45) is 0.476. The van der Waals surface area contributed by atoms with Gasteiger partial charge in [-0.1, -0.05) is 12.1 Å². The molecule has 0 aromatic heterocycles. The molecule has 7 nitrogen and oxygen atoms in total. The van der Waals surface area contributed by atoms with Gasteiger partial charge in [-0.15, -0.1) is 0 Å². The Morgan fingerprint density at radius 1 is 1.33 bits per heavy atom. The van der Waals surface area contributed by atoms with Crippen molar-refractivity contribution in [3.63, 3.8) is 0 Å². The average molecular weight is 336 g/mol. The van der Waals surface area contributed by atoms with Crippen LogP contribution in [-0.2, 0) is 16.1 Å². The zero-order valence-electron chi connectivity index (χ0n) is 14.1. The van der Waals surface area contributed by atoms with Crippen molar-refractivity contribution < 1.29 is 24.2 Å². The summed E-state index contributed by atoms with van der Waals surface area (Å²) in [5, 5.41) is 11.9. The van der Waals surface area contributed by atoms with Crippen LogP contribution in [-0.4, -0.2) is 55.4 Å². The summed E-state index contributed by atoms with van der Waals surface area (Å²) in [4.78, 5) is 24.7. The van der Waals surface area contributed by atoms with E-state index in [1.165, 1.54) is 4.90 Å². The third-order valence-electron chi connectivity index (χ3n) is 4.23. The number of urea groups is 1. The van der Waals surface area contributed by atoms with Gasteiger partial charge in [0.25, 0.3) is 0 Å². The minimum atomic E-state index is -0.861. The number of carbonyl (C=O) groups excluding carboxylic acids is 1. The zero-order valence-corrected chi connectivity index (χ0v) is 14.1. The summed E-state index contributed by atoms with van der Waals surface area (Å²) in [6, 6.07) is 7.34. The summed E-state index contributed by atoms with van der Waals surface area (Å²) < 4.78 is 10.6. The van der Waals surface area contributed by atoms with E-state index in [4.69, 9.17) is 9.47 Å². The molecular formula is C17H24N2O5. The Balaban J connectivity index is 1.63. The van der Waals surface area contributed by atoms with E-state index < -0.39 is 11.4 Å². The van der Waals surface area contributed by atoms with Crippen LogP contribution in [0, 0.1) is 5.41 Å². The number of carboxylic acid groups (broad SMARTS) is 1. The molecule has 0 saturated carbocycles. The van der Waals surface area contributed by atoms with Crippen molar-refractivity contribution in [1.29, 1.82) is 0 Å². The third kappa shape index (κ3) is 4.61. The summed E-state index contributed by atoms with van der Waals surface area (Å²) >= 11 is 0. The molecule has 1 aromatic carbocycles. The maximum Gasteiger partial charge on any atom is 0.317 e. The third-order valence-corrected chi connectivity index (χ3v) is 4.23. The second-order valence-corrected chi connectivity index (χ2v) is 6.17. The lowest BCUT2D eigenvalue weighted by Crippen LogP contribution is -2.41. The van der Waals surface area contributed by atoms with Crippen LogP contribution in [0.1, 0.15) is 18.9 Å². The highest BCUT2D eigenvalue weighted by Gasteiger charge is 2.42. The molecular weight excluding hydrogens is 312 g/mol. The first kappa shape index (κ1) is 18.1. The second kappa shape index (κ2) is 8.01. The molecule has 1 atom stereocenters. The number of hydrogen-bond acceptors (Lipinski definition) is 4. The van der Waals surface area contributed by atoms with Crippen molar-refractivity contribution in [3.8, 4) is 5.75 Å². The number of carboxylic acids is 1. The van der Waals surface area contributed by atoms with Gasteiger partial charge in [-0.25, -0.2) is 4.79 Å². The number of hydrogen-bond donors (Lipinski definition) is 2. The van der Waals surface area contributed by atoms with E-state index in [0.29, 0.717) is 32.7 Å². The molecule has 1 saturated heterocycles. The van der Waals surface area contributed by atoms with Crippen LogP contribution in [0.3, 0.4) is 0 Å². The van der Waals surface area contributed by atoms with Crippen LogP contribution in [0.4, 0.5) is 4.79 Å². The van der Waals surface area contributed by atoms with Crippen molar-refractivity contribution in [2.45, 2.75) is 20.0 Å². The average Bonchev–Trinajstić information content (AvgIpc) is 2.99. The maximum absolute atomic E-state index is 12.0. The molecule has 0 aliphatic carbocycles. The number of likely N-dealkylation sites (tertiary alicyclic amines) is 1. The molecule has 2 amide bonds. The molecule has 2 rings (SSSR count).